The maximum atomic E-state index is 13.2. The molecule has 0 heterocycles. The molecular formula is C13H18BrFN2. The number of hydrogen-bond donors (Lipinski definition) is 2. The quantitative estimate of drug-likeness (QED) is 0.873. The van der Waals surface area contributed by atoms with E-state index in [2.05, 4.69) is 28.2 Å². The van der Waals surface area contributed by atoms with E-state index in [0.29, 0.717) is 16.9 Å². The van der Waals surface area contributed by atoms with Crippen molar-refractivity contribution in [1.29, 1.82) is 0 Å². The van der Waals surface area contributed by atoms with Crippen molar-refractivity contribution in [2.75, 3.05) is 11.9 Å². The van der Waals surface area contributed by atoms with Gasteiger partial charge in [0.2, 0.25) is 0 Å². The molecule has 2 rings (SSSR count). The molecule has 0 bridgehead atoms. The summed E-state index contributed by atoms with van der Waals surface area (Å²) in [7, 11) is 0. The van der Waals surface area contributed by atoms with Crippen LogP contribution in [0, 0.1) is 11.7 Å². The van der Waals surface area contributed by atoms with Gasteiger partial charge in [-0.15, -0.1) is 0 Å². The molecule has 1 aromatic rings. The predicted molar refractivity (Wildman–Crippen MR) is 72.5 cm³/mol. The summed E-state index contributed by atoms with van der Waals surface area (Å²) in [5, 5.41) is 3.50. The highest BCUT2D eigenvalue weighted by Gasteiger charge is 2.42. The fraction of sp³-hybridized carbons (Fsp3) is 0.538. The Labute approximate surface area is 110 Å². The molecule has 0 aliphatic heterocycles. The maximum Gasteiger partial charge on any atom is 0.137 e. The first-order valence-corrected chi connectivity index (χ1v) is 6.84. The highest BCUT2D eigenvalue weighted by Crippen LogP contribution is 2.43. The molecule has 1 aromatic carbocycles. The van der Waals surface area contributed by atoms with Crippen LogP contribution in [0.2, 0.25) is 0 Å². The lowest BCUT2D eigenvalue weighted by Crippen LogP contribution is -2.47. The van der Waals surface area contributed by atoms with Crippen molar-refractivity contribution in [3.8, 4) is 0 Å². The van der Waals surface area contributed by atoms with E-state index in [-0.39, 0.29) is 11.4 Å². The second-order valence-electron chi connectivity index (χ2n) is 4.74. The van der Waals surface area contributed by atoms with Gasteiger partial charge in [0.1, 0.15) is 5.82 Å². The van der Waals surface area contributed by atoms with Gasteiger partial charge in [0.15, 0.2) is 0 Å². The lowest BCUT2D eigenvalue weighted by molar-refractivity contribution is 0.404. The minimum atomic E-state index is -0.239. The van der Waals surface area contributed by atoms with Gasteiger partial charge in [-0.05, 0) is 59.3 Å². The van der Waals surface area contributed by atoms with E-state index in [1.165, 1.54) is 18.9 Å². The Morgan fingerprint density at radius 2 is 2.24 bits per heavy atom. The summed E-state index contributed by atoms with van der Waals surface area (Å²) in [6.07, 6.45) is 3.46. The van der Waals surface area contributed by atoms with Crippen molar-refractivity contribution in [3.05, 3.63) is 28.5 Å². The third kappa shape index (κ3) is 2.63. The Balaban J connectivity index is 2.19. The molecule has 0 spiro atoms. The van der Waals surface area contributed by atoms with Gasteiger partial charge in [-0.25, -0.2) is 4.39 Å². The zero-order valence-electron chi connectivity index (χ0n) is 9.97. The molecule has 0 amide bonds. The van der Waals surface area contributed by atoms with Crippen LogP contribution in [0.1, 0.15) is 26.2 Å². The van der Waals surface area contributed by atoms with Crippen LogP contribution in [-0.4, -0.2) is 12.1 Å². The standard InChI is InChI=1S/C13H18BrFN2/c1-2-13(8-16,9-3-4-9)17-10-5-6-12(15)11(14)7-10/h5-7,9,17H,2-4,8,16H2,1H3. The Morgan fingerprint density at radius 3 is 2.71 bits per heavy atom. The van der Waals surface area contributed by atoms with Crippen LogP contribution >= 0.6 is 15.9 Å². The van der Waals surface area contributed by atoms with Crippen LogP contribution in [-0.2, 0) is 0 Å². The van der Waals surface area contributed by atoms with Gasteiger partial charge in [0.05, 0.1) is 10.0 Å². The summed E-state index contributed by atoms with van der Waals surface area (Å²) < 4.78 is 13.7. The van der Waals surface area contributed by atoms with E-state index in [1.54, 1.807) is 12.1 Å². The first-order chi connectivity index (χ1) is 8.11. The fourth-order valence-corrected chi connectivity index (χ4v) is 2.72. The van der Waals surface area contributed by atoms with Crippen LogP contribution in [0.15, 0.2) is 22.7 Å². The summed E-state index contributed by atoms with van der Waals surface area (Å²) in [6, 6.07) is 5.01. The third-order valence-corrected chi connectivity index (χ3v) is 4.27. The molecule has 0 aromatic heterocycles. The Bertz CT molecular complexity index is 400. The van der Waals surface area contributed by atoms with Crippen molar-refractivity contribution in [2.45, 2.75) is 31.7 Å². The van der Waals surface area contributed by atoms with Gasteiger partial charge in [0, 0.05) is 12.2 Å². The Morgan fingerprint density at radius 1 is 1.53 bits per heavy atom. The van der Waals surface area contributed by atoms with Gasteiger partial charge < -0.3 is 11.1 Å². The predicted octanol–water partition coefficient (Wildman–Crippen LogP) is 3.52. The molecule has 1 unspecified atom stereocenters. The summed E-state index contributed by atoms with van der Waals surface area (Å²) in [4.78, 5) is 0. The van der Waals surface area contributed by atoms with Crippen LogP contribution in [0.5, 0.6) is 0 Å². The fourth-order valence-electron chi connectivity index (χ4n) is 2.34. The molecular weight excluding hydrogens is 283 g/mol. The normalized spacial score (nSPS) is 18.8. The number of nitrogens with two attached hydrogens (primary N) is 1. The van der Waals surface area contributed by atoms with Gasteiger partial charge in [-0.1, -0.05) is 6.92 Å². The number of nitrogens with one attached hydrogen (secondary N) is 1. The molecule has 0 saturated heterocycles. The topological polar surface area (TPSA) is 38.0 Å². The monoisotopic (exact) mass is 300 g/mol. The van der Waals surface area contributed by atoms with Crippen molar-refractivity contribution < 1.29 is 4.39 Å². The lowest BCUT2D eigenvalue weighted by Gasteiger charge is -2.34. The molecule has 1 aliphatic rings. The van der Waals surface area contributed by atoms with E-state index >= 15 is 0 Å². The van der Waals surface area contributed by atoms with Crippen LogP contribution in [0.4, 0.5) is 10.1 Å². The Kier molecular flexibility index (Phi) is 3.73. The molecule has 1 atom stereocenters. The zero-order valence-corrected chi connectivity index (χ0v) is 11.6. The van der Waals surface area contributed by atoms with E-state index in [0.717, 1.165) is 12.1 Å². The van der Waals surface area contributed by atoms with Crippen molar-refractivity contribution >= 4 is 21.6 Å². The van der Waals surface area contributed by atoms with Crippen LogP contribution in [0.3, 0.4) is 0 Å². The van der Waals surface area contributed by atoms with E-state index < -0.39 is 0 Å². The molecule has 17 heavy (non-hydrogen) atoms. The first kappa shape index (κ1) is 12.8. The molecule has 1 fully saturated rings. The largest absolute Gasteiger partial charge is 0.378 e. The second kappa shape index (κ2) is 4.94. The molecule has 3 N–H and O–H groups in total. The number of halogens is 2. The summed E-state index contributed by atoms with van der Waals surface area (Å²) in [5.74, 6) is 0.415. The van der Waals surface area contributed by atoms with Gasteiger partial charge in [-0.3, -0.25) is 0 Å². The highest BCUT2D eigenvalue weighted by atomic mass is 79.9. The van der Waals surface area contributed by atoms with E-state index in [1.807, 2.05) is 0 Å². The van der Waals surface area contributed by atoms with Crippen molar-refractivity contribution in [3.63, 3.8) is 0 Å². The van der Waals surface area contributed by atoms with Crippen molar-refractivity contribution in [1.82, 2.24) is 0 Å². The van der Waals surface area contributed by atoms with Gasteiger partial charge >= 0.3 is 0 Å². The zero-order chi connectivity index (χ0) is 12.5. The lowest BCUT2D eigenvalue weighted by atomic mass is 9.89. The molecule has 1 saturated carbocycles. The third-order valence-electron chi connectivity index (χ3n) is 3.67. The summed E-state index contributed by atoms with van der Waals surface area (Å²) in [6.45, 7) is 2.76. The van der Waals surface area contributed by atoms with Crippen LogP contribution < -0.4 is 11.1 Å². The molecule has 4 heteroatoms. The van der Waals surface area contributed by atoms with Gasteiger partial charge in [0.25, 0.3) is 0 Å². The number of anilines is 1. The number of rotatable bonds is 5. The average Bonchev–Trinajstić information content (AvgIpc) is 3.15. The maximum absolute atomic E-state index is 13.2. The summed E-state index contributed by atoms with van der Waals surface area (Å²) in [5.41, 5.74) is 6.82. The Hall–Kier alpha value is -0.610. The minimum absolute atomic E-state index is 0.0305. The first-order valence-electron chi connectivity index (χ1n) is 6.04. The highest BCUT2D eigenvalue weighted by molar-refractivity contribution is 9.10. The SMILES string of the molecule is CCC(CN)(Nc1ccc(F)c(Br)c1)C1CC1. The smallest absolute Gasteiger partial charge is 0.137 e. The number of benzene rings is 1. The summed E-state index contributed by atoms with van der Waals surface area (Å²) >= 11 is 3.20. The van der Waals surface area contributed by atoms with Crippen molar-refractivity contribution in [2.24, 2.45) is 11.7 Å². The number of hydrogen-bond acceptors (Lipinski definition) is 2. The van der Waals surface area contributed by atoms with E-state index in [4.69, 9.17) is 5.73 Å². The van der Waals surface area contributed by atoms with Crippen LogP contribution in [0.25, 0.3) is 0 Å². The molecule has 1 aliphatic carbocycles. The molecule has 2 nitrogen and oxygen atoms in total. The molecule has 0 radical (unpaired) electrons. The second-order valence-corrected chi connectivity index (χ2v) is 5.60. The minimum Gasteiger partial charge on any atom is -0.378 e. The van der Waals surface area contributed by atoms with E-state index in [9.17, 15) is 4.39 Å². The van der Waals surface area contributed by atoms with Gasteiger partial charge in [-0.2, -0.15) is 0 Å². The molecule has 94 valence electrons. The average molecular weight is 301 g/mol.